The Morgan fingerprint density at radius 3 is 1.59 bits per heavy atom. The summed E-state index contributed by atoms with van der Waals surface area (Å²) in [7, 11) is -5.19. The van der Waals surface area contributed by atoms with Crippen molar-refractivity contribution in [1.29, 1.82) is 0 Å². The van der Waals surface area contributed by atoms with Crippen molar-refractivity contribution in [1.82, 2.24) is 0 Å². The maximum atomic E-state index is 12.6. The zero-order chi connectivity index (χ0) is 13.1. The van der Waals surface area contributed by atoms with Gasteiger partial charge in [-0.25, -0.2) is 34.8 Å². The molecule has 11 heteroatoms. The van der Waals surface area contributed by atoms with Crippen LogP contribution in [0.15, 0.2) is 0 Å². The summed E-state index contributed by atoms with van der Waals surface area (Å²) >= 11 is 0. The second-order valence-electron chi connectivity index (χ2n) is 2.91. The third-order valence-corrected chi connectivity index (χ3v) is 2.28. The zero-order valence-electron chi connectivity index (χ0n) is 8.49. The van der Waals surface area contributed by atoms with Crippen LogP contribution in [0, 0.1) is 0 Å². The van der Waals surface area contributed by atoms with E-state index >= 15 is 0 Å². The molecule has 4 unspecified atom stereocenters. The second-order valence-corrected chi connectivity index (χ2v) is 4.36. The van der Waals surface area contributed by atoms with Crippen molar-refractivity contribution >= 4 is 10.1 Å². The van der Waals surface area contributed by atoms with E-state index in [0.717, 1.165) is 0 Å². The zero-order valence-corrected chi connectivity index (χ0v) is 12.4. The van der Waals surface area contributed by atoms with E-state index in [1.54, 1.807) is 0 Å². The molecule has 0 heterocycles. The molecule has 0 aliphatic rings. The fourth-order valence-corrected chi connectivity index (χ4v) is 1.37. The van der Waals surface area contributed by atoms with Gasteiger partial charge in [-0.3, -0.25) is 0 Å². The molecule has 0 fully saturated rings. The van der Waals surface area contributed by atoms with E-state index in [9.17, 15) is 39.3 Å². The van der Waals surface area contributed by atoms with Crippen LogP contribution in [-0.2, 0) is 10.1 Å². The molecule has 0 saturated carbocycles. The first-order valence-electron chi connectivity index (χ1n) is 3.84. The molecule has 0 bridgehead atoms. The average molecular weight is 312 g/mol. The van der Waals surface area contributed by atoms with E-state index < -0.39 is 47.0 Å². The van der Waals surface area contributed by atoms with Crippen LogP contribution in [0.5, 0.6) is 0 Å². The predicted octanol–water partition coefficient (Wildman–Crippen LogP) is -1.85. The summed E-state index contributed by atoms with van der Waals surface area (Å²) in [5.74, 6) is -1.94. The molecule has 3 nitrogen and oxygen atoms in total. The summed E-state index contributed by atoms with van der Waals surface area (Å²) in [5, 5.41) is 0. The molecule has 0 spiro atoms. The molecule has 0 aliphatic carbocycles. The summed E-state index contributed by atoms with van der Waals surface area (Å²) < 4.78 is 103. The fourth-order valence-electron chi connectivity index (χ4n) is 0.801. The molecule has 98 valence electrons. The third-order valence-electron chi connectivity index (χ3n) is 1.56. The minimum absolute atomic E-state index is 0. The van der Waals surface area contributed by atoms with Crippen LogP contribution in [-0.4, -0.2) is 49.8 Å². The van der Waals surface area contributed by atoms with Gasteiger partial charge >= 0.3 is 51.4 Å². The molecule has 0 N–H and O–H groups in total. The van der Waals surface area contributed by atoms with Crippen molar-refractivity contribution in [3.05, 3.63) is 0 Å². The Morgan fingerprint density at radius 1 is 0.882 bits per heavy atom. The summed E-state index contributed by atoms with van der Waals surface area (Å²) in [6, 6.07) is 0. The molecule has 0 radical (unpaired) electrons. The average Bonchev–Trinajstić information content (AvgIpc) is 2.11. The Bertz CT molecular complexity index is 313. The van der Waals surface area contributed by atoms with Crippen LogP contribution in [0.2, 0.25) is 0 Å². The van der Waals surface area contributed by atoms with Gasteiger partial charge in [0.1, 0.15) is 6.17 Å². The van der Waals surface area contributed by atoms with Crippen molar-refractivity contribution in [2.45, 2.75) is 31.1 Å². The molecule has 0 saturated heterocycles. The van der Waals surface area contributed by atoms with Crippen molar-refractivity contribution in [2.24, 2.45) is 0 Å². The number of alkyl halides is 6. The SMILES string of the molecule is O=S(=O)([O-])CC(F)C(F)C(F)C(F)C(F)F.[K+]. The van der Waals surface area contributed by atoms with Gasteiger partial charge in [-0.2, -0.15) is 0 Å². The van der Waals surface area contributed by atoms with Crippen molar-refractivity contribution in [3.8, 4) is 0 Å². The monoisotopic (exact) mass is 312 g/mol. The van der Waals surface area contributed by atoms with Crippen molar-refractivity contribution < 1.29 is 90.7 Å². The van der Waals surface area contributed by atoms with Crippen LogP contribution < -0.4 is 51.4 Å². The van der Waals surface area contributed by atoms with Gasteiger partial charge in [-0.15, -0.1) is 0 Å². The molecule has 0 amide bonds. The molecule has 0 rings (SSSR count). The van der Waals surface area contributed by atoms with Gasteiger partial charge in [-0.1, -0.05) is 0 Å². The van der Waals surface area contributed by atoms with Gasteiger partial charge in [-0.05, 0) is 0 Å². The van der Waals surface area contributed by atoms with E-state index in [1.807, 2.05) is 0 Å². The van der Waals surface area contributed by atoms with Crippen LogP contribution in [0.1, 0.15) is 0 Å². The van der Waals surface area contributed by atoms with Gasteiger partial charge < -0.3 is 4.55 Å². The summed E-state index contributed by atoms with van der Waals surface area (Å²) in [5.41, 5.74) is 0. The summed E-state index contributed by atoms with van der Waals surface area (Å²) in [6.45, 7) is 0. The Kier molecular flexibility index (Phi) is 10.0. The maximum absolute atomic E-state index is 12.6. The minimum atomic E-state index is -5.19. The van der Waals surface area contributed by atoms with E-state index in [2.05, 4.69) is 0 Å². The molecule has 0 aromatic carbocycles. The first kappa shape index (κ1) is 20.4. The molecule has 4 atom stereocenters. The number of hydrogen-bond acceptors (Lipinski definition) is 3. The smallest absolute Gasteiger partial charge is 0.748 e. The Morgan fingerprint density at radius 2 is 1.29 bits per heavy atom. The molecule has 0 aromatic heterocycles. The Balaban J connectivity index is 0. The number of rotatable bonds is 6. The maximum Gasteiger partial charge on any atom is 1.00 e. The second kappa shape index (κ2) is 8.33. The third kappa shape index (κ3) is 8.00. The Labute approximate surface area is 136 Å². The number of halogens is 6. The van der Waals surface area contributed by atoms with E-state index in [1.165, 1.54) is 0 Å². The van der Waals surface area contributed by atoms with Crippen LogP contribution >= 0.6 is 0 Å². The van der Waals surface area contributed by atoms with E-state index in [-0.39, 0.29) is 51.4 Å². The largest absolute Gasteiger partial charge is 1.00 e. The van der Waals surface area contributed by atoms with Crippen molar-refractivity contribution in [3.63, 3.8) is 0 Å². The molecule has 17 heavy (non-hydrogen) atoms. The predicted molar refractivity (Wildman–Crippen MR) is 40.2 cm³/mol. The van der Waals surface area contributed by atoms with Gasteiger partial charge in [0, 0.05) is 0 Å². The normalized spacial score (nSPS) is 19.3. The van der Waals surface area contributed by atoms with Gasteiger partial charge in [0.2, 0.25) is 0 Å². The van der Waals surface area contributed by atoms with Crippen LogP contribution in [0.25, 0.3) is 0 Å². The Hall–Kier alpha value is 1.13. The first-order chi connectivity index (χ1) is 7.06. The van der Waals surface area contributed by atoms with Crippen LogP contribution in [0.3, 0.4) is 0 Å². The summed E-state index contributed by atoms with van der Waals surface area (Å²) in [4.78, 5) is 0. The van der Waals surface area contributed by atoms with Gasteiger partial charge in [0.15, 0.2) is 18.5 Å². The molecule has 0 aliphatic heterocycles. The topological polar surface area (TPSA) is 57.2 Å². The minimum Gasteiger partial charge on any atom is -0.748 e. The fraction of sp³-hybridized carbons (Fsp3) is 1.00. The number of hydrogen-bond donors (Lipinski definition) is 0. The van der Waals surface area contributed by atoms with Gasteiger partial charge in [0.05, 0.1) is 15.9 Å². The standard InChI is InChI=1S/C6H8F6O3S.K/c7-2(1-16(13,14)15)3(8)4(9)5(10)6(11)12;/h2-6H,1H2,(H,13,14,15);/q;+1/p-1. The first-order valence-corrected chi connectivity index (χ1v) is 5.42. The van der Waals surface area contributed by atoms with Gasteiger partial charge in [0.25, 0.3) is 6.43 Å². The quantitative estimate of drug-likeness (QED) is 0.329. The molecular formula is C6H7F6KO3S. The van der Waals surface area contributed by atoms with E-state index in [4.69, 9.17) is 0 Å². The van der Waals surface area contributed by atoms with E-state index in [0.29, 0.717) is 0 Å². The molecule has 0 aromatic rings. The summed E-state index contributed by atoms with van der Waals surface area (Å²) in [6.07, 6.45) is -17.6. The molecular weight excluding hydrogens is 305 g/mol. The van der Waals surface area contributed by atoms with Crippen molar-refractivity contribution in [2.75, 3.05) is 5.75 Å². The van der Waals surface area contributed by atoms with Crippen LogP contribution in [0.4, 0.5) is 26.3 Å².